The minimum atomic E-state index is 0.603. The minimum Gasteiger partial charge on any atom is -0.364 e. The Hall–Kier alpha value is -2.61. The van der Waals surface area contributed by atoms with Crippen molar-refractivity contribution in [2.24, 2.45) is 0 Å². The molecule has 0 radical (unpaired) electrons. The molecular formula is C20H16IN5. The van der Waals surface area contributed by atoms with Crippen molar-refractivity contribution in [1.29, 1.82) is 0 Å². The van der Waals surface area contributed by atoms with E-state index in [9.17, 15) is 0 Å². The van der Waals surface area contributed by atoms with Crippen LogP contribution in [0.15, 0.2) is 60.9 Å². The number of rotatable bonds is 4. The van der Waals surface area contributed by atoms with Gasteiger partial charge < -0.3 is 5.32 Å². The highest BCUT2D eigenvalue weighted by Crippen LogP contribution is 2.26. The van der Waals surface area contributed by atoms with Crippen molar-refractivity contribution in [2.45, 2.75) is 13.5 Å². The lowest BCUT2D eigenvalue weighted by Gasteiger charge is -2.11. The monoisotopic (exact) mass is 453 g/mol. The minimum absolute atomic E-state index is 0.603. The molecule has 26 heavy (non-hydrogen) atoms. The van der Waals surface area contributed by atoms with E-state index < -0.39 is 0 Å². The fraction of sp³-hybridized carbons (Fsp3) is 0.100. The Morgan fingerprint density at radius 3 is 2.73 bits per heavy atom. The van der Waals surface area contributed by atoms with Gasteiger partial charge in [-0.2, -0.15) is 0 Å². The second kappa shape index (κ2) is 7.33. The molecule has 0 aliphatic carbocycles. The third-order valence-corrected chi connectivity index (χ3v) is 4.63. The average Bonchev–Trinajstić information content (AvgIpc) is 2.67. The van der Waals surface area contributed by atoms with Gasteiger partial charge in [-0.15, -0.1) is 0 Å². The van der Waals surface area contributed by atoms with Crippen LogP contribution in [0.4, 0.5) is 5.82 Å². The Morgan fingerprint density at radius 1 is 1.00 bits per heavy atom. The maximum atomic E-state index is 4.76. The van der Waals surface area contributed by atoms with Crippen LogP contribution in [0.3, 0.4) is 0 Å². The number of aryl methyl sites for hydroxylation is 1. The fourth-order valence-corrected chi connectivity index (χ4v) is 3.22. The van der Waals surface area contributed by atoms with Crippen molar-refractivity contribution in [2.75, 3.05) is 5.32 Å². The molecule has 3 heterocycles. The van der Waals surface area contributed by atoms with Crippen LogP contribution in [0.5, 0.6) is 0 Å². The highest BCUT2D eigenvalue weighted by atomic mass is 127. The summed E-state index contributed by atoms with van der Waals surface area (Å²) in [5, 5.41) is 4.43. The first kappa shape index (κ1) is 16.8. The summed E-state index contributed by atoms with van der Waals surface area (Å²) in [6.07, 6.45) is 3.52. The largest absolute Gasteiger partial charge is 0.364 e. The molecule has 0 bridgehead atoms. The Balaban J connectivity index is 1.76. The Labute approximate surface area is 165 Å². The molecule has 4 aromatic rings. The Bertz CT molecular complexity index is 1070. The van der Waals surface area contributed by atoms with Crippen LogP contribution in [0.2, 0.25) is 0 Å². The third kappa shape index (κ3) is 3.65. The molecule has 0 atom stereocenters. The number of benzene rings is 1. The van der Waals surface area contributed by atoms with Crippen LogP contribution in [0.1, 0.15) is 11.4 Å². The zero-order chi connectivity index (χ0) is 17.9. The molecule has 128 valence electrons. The molecule has 0 amide bonds. The van der Waals surface area contributed by atoms with Gasteiger partial charge in [-0.1, -0.05) is 6.07 Å². The summed E-state index contributed by atoms with van der Waals surface area (Å²) in [7, 11) is 0. The number of hydrogen-bond donors (Lipinski definition) is 1. The first-order chi connectivity index (χ1) is 12.7. The van der Waals surface area contributed by atoms with Gasteiger partial charge >= 0.3 is 0 Å². The van der Waals surface area contributed by atoms with E-state index in [0.29, 0.717) is 12.4 Å². The molecule has 5 nitrogen and oxygen atoms in total. The molecule has 0 aliphatic rings. The lowest BCUT2D eigenvalue weighted by molar-refractivity contribution is 1.00. The number of hydrogen-bond acceptors (Lipinski definition) is 5. The van der Waals surface area contributed by atoms with E-state index in [0.717, 1.165) is 37.2 Å². The number of halogens is 1. The summed E-state index contributed by atoms with van der Waals surface area (Å²) in [5.41, 5.74) is 3.77. The predicted octanol–water partition coefficient (Wildman–Crippen LogP) is 4.61. The van der Waals surface area contributed by atoms with Crippen molar-refractivity contribution in [3.63, 3.8) is 0 Å². The fourth-order valence-electron chi connectivity index (χ4n) is 2.73. The number of nitrogens with one attached hydrogen (secondary N) is 1. The van der Waals surface area contributed by atoms with Crippen LogP contribution in [0.25, 0.3) is 22.3 Å². The second-order valence-electron chi connectivity index (χ2n) is 5.92. The zero-order valence-electron chi connectivity index (χ0n) is 14.1. The molecule has 0 saturated carbocycles. The van der Waals surface area contributed by atoms with Crippen molar-refractivity contribution in [1.82, 2.24) is 19.9 Å². The summed E-state index contributed by atoms with van der Waals surface area (Å²) >= 11 is 2.30. The number of aromatic nitrogens is 4. The molecule has 4 rings (SSSR count). The van der Waals surface area contributed by atoms with Gasteiger partial charge in [0.15, 0.2) is 5.82 Å². The Kier molecular flexibility index (Phi) is 4.75. The van der Waals surface area contributed by atoms with Gasteiger partial charge in [0.05, 0.1) is 17.8 Å². The van der Waals surface area contributed by atoms with Gasteiger partial charge in [0.1, 0.15) is 5.82 Å². The van der Waals surface area contributed by atoms with E-state index in [4.69, 9.17) is 9.97 Å². The maximum absolute atomic E-state index is 4.76. The lowest BCUT2D eigenvalue weighted by Crippen LogP contribution is -2.06. The van der Waals surface area contributed by atoms with E-state index in [1.807, 2.05) is 43.3 Å². The topological polar surface area (TPSA) is 63.6 Å². The SMILES string of the molecule is Cc1cccc(CNc2nc(-c3cccnc3)nc3ccc(I)cc23)n1. The highest BCUT2D eigenvalue weighted by molar-refractivity contribution is 14.1. The van der Waals surface area contributed by atoms with Crippen molar-refractivity contribution >= 4 is 39.3 Å². The molecule has 3 aromatic heterocycles. The molecule has 1 aromatic carbocycles. The molecule has 0 aliphatic heterocycles. The smallest absolute Gasteiger partial charge is 0.163 e. The summed E-state index contributed by atoms with van der Waals surface area (Å²) in [6, 6.07) is 16.0. The van der Waals surface area contributed by atoms with Crippen LogP contribution >= 0.6 is 22.6 Å². The quantitative estimate of drug-likeness (QED) is 0.458. The van der Waals surface area contributed by atoms with E-state index in [-0.39, 0.29) is 0 Å². The van der Waals surface area contributed by atoms with Gasteiger partial charge in [0, 0.05) is 32.6 Å². The van der Waals surface area contributed by atoms with Gasteiger partial charge in [0.2, 0.25) is 0 Å². The Morgan fingerprint density at radius 2 is 1.92 bits per heavy atom. The van der Waals surface area contributed by atoms with Gasteiger partial charge in [-0.05, 0) is 72.0 Å². The van der Waals surface area contributed by atoms with Gasteiger partial charge in [-0.3, -0.25) is 9.97 Å². The van der Waals surface area contributed by atoms with E-state index in [2.05, 4.69) is 50.0 Å². The van der Waals surface area contributed by atoms with Crippen LogP contribution in [0, 0.1) is 10.5 Å². The van der Waals surface area contributed by atoms with Gasteiger partial charge in [0.25, 0.3) is 0 Å². The van der Waals surface area contributed by atoms with Crippen LogP contribution in [-0.4, -0.2) is 19.9 Å². The number of pyridine rings is 2. The van der Waals surface area contributed by atoms with E-state index >= 15 is 0 Å². The number of nitrogens with zero attached hydrogens (tertiary/aromatic N) is 4. The average molecular weight is 453 g/mol. The molecule has 0 saturated heterocycles. The maximum Gasteiger partial charge on any atom is 0.163 e. The first-order valence-corrected chi connectivity index (χ1v) is 9.31. The summed E-state index contributed by atoms with van der Waals surface area (Å²) in [4.78, 5) is 18.2. The van der Waals surface area contributed by atoms with E-state index in [1.54, 1.807) is 12.4 Å². The van der Waals surface area contributed by atoms with Crippen molar-refractivity contribution in [3.05, 3.63) is 75.9 Å². The molecule has 1 N–H and O–H groups in total. The second-order valence-corrected chi connectivity index (χ2v) is 7.17. The zero-order valence-corrected chi connectivity index (χ0v) is 16.3. The molecular weight excluding hydrogens is 437 g/mol. The number of anilines is 1. The van der Waals surface area contributed by atoms with Crippen LogP contribution < -0.4 is 5.32 Å². The molecule has 6 heteroatoms. The lowest BCUT2D eigenvalue weighted by atomic mass is 10.2. The molecule has 0 spiro atoms. The number of fused-ring (bicyclic) bond motifs is 1. The summed E-state index contributed by atoms with van der Waals surface area (Å²) in [5.74, 6) is 1.46. The highest BCUT2D eigenvalue weighted by Gasteiger charge is 2.10. The van der Waals surface area contributed by atoms with Gasteiger partial charge in [-0.25, -0.2) is 9.97 Å². The van der Waals surface area contributed by atoms with Crippen LogP contribution in [-0.2, 0) is 6.54 Å². The van der Waals surface area contributed by atoms with Crippen molar-refractivity contribution in [3.8, 4) is 11.4 Å². The summed E-state index contributed by atoms with van der Waals surface area (Å²) in [6.45, 7) is 2.60. The normalized spacial score (nSPS) is 10.8. The third-order valence-electron chi connectivity index (χ3n) is 3.96. The molecule has 0 unspecified atom stereocenters. The molecule has 0 fully saturated rings. The van der Waals surface area contributed by atoms with Crippen molar-refractivity contribution < 1.29 is 0 Å². The predicted molar refractivity (Wildman–Crippen MR) is 112 cm³/mol. The van der Waals surface area contributed by atoms with E-state index in [1.165, 1.54) is 0 Å². The first-order valence-electron chi connectivity index (χ1n) is 8.23. The summed E-state index contributed by atoms with van der Waals surface area (Å²) < 4.78 is 1.14. The standard InChI is InChI=1S/C20H16IN5/c1-13-4-2-6-16(24-13)12-23-20-17-10-15(21)7-8-18(17)25-19(26-20)14-5-3-9-22-11-14/h2-11H,12H2,1H3,(H,23,25,26).